The summed E-state index contributed by atoms with van der Waals surface area (Å²) in [5.74, 6) is -0.0317. The van der Waals surface area contributed by atoms with Gasteiger partial charge in [-0.3, -0.25) is 4.79 Å². The summed E-state index contributed by atoms with van der Waals surface area (Å²) in [7, 11) is 0. The highest BCUT2D eigenvalue weighted by Gasteiger charge is 2.16. The number of para-hydroxylation sites is 1. The molecule has 88 valence electrons. The zero-order valence-corrected chi connectivity index (χ0v) is 9.89. The van der Waals surface area contributed by atoms with E-state index in [-0.39, 0.29) is 11.5 Å². The Hall–Kier alpha value is -2.20. The van der Waals surface area contributed by atoms with Gasteiger partial charge < -0.3 is 4.42 Å². The highest BCUT2D eigenvalue weighted by molar-refractivity contribution is 6.35. The van der Waals surface area contributed by atoms with Gasteiger partial charge in [0.05, 0.1) is 10.6 Å². The van der Waals surface area contributed by atoms with Crippen LogP contribution in [0, 0.1) is 0 Å². The largest absolute Gasteiger partial charge is 0.451 e. The molecule has 3 aromatic rings. The molecule has 0 unspecified atom stereocenters. The lowest BCUT2D eigenvalue weighted by Gasteiger charge is -1.94. The molecule has 0 aliphatic rings. The van der Waals surface area contributed by atoms with Gasteiger partial charge in [0.1, 0.15) is 6.33 Å². The van der Waals surface area contributed by atoms with Crippen molar-refractivity contribution < 1.29 is 9.21 Å². The van der Waals surface area contributed by atoms with Crippen molar-refractivity contribution in [1.29, 1.82) is 0 Å². The molecule has 0 saturated carbocycles. The molecule has 2 aromatic heterocycles. The number of aromatic nitrogens is 2. The molecule has 3 rings (SSSR count). The minimum Gasteiger partial charge on any atom is -0.451 e. The maximum Gasteiger partial charge on any atom is 0.231 e. The summed E-state index contributed by atoms with van der Waals surface area (Å²) in [5.41, 5.74) is 0.895. The van der Waals surface area contributed by atoms with Gasteiger partial charge in [-0.05, 0) is 12.1 Å². The molecule has 0 radical (unpaired) electrons. The predicted molar refractivity (Wildman–Crippen MR) is 66.7 cm³/mol. The topological polar surface area (TPSA) is 56.0 Å². The van der Waals surface area contributed by atoms with E-state index in [0.717, 1.165) is 5.39 Å². The second-order valence-corrected chi connectivity index (χ2v) is 4.13. The summed E-state index contributed by atoms with van der Waals surface area (Å²) in [6.45, 7) is 0. The van der Waals surface area contributed by atoms with Crippen LogP contribution in [0.4, 0.5) is 0 Å². The lowest BCUT2D eigenvalue weighted by atomic mass is 10.1. The van der Waals surface area contributed by atoms with Gasteiger partial charge in [-0.15, -0.1) is 0 Å². The number of benzene rings is 1. The van der Waals surface area contributed by atoms with Crippen LogP contribution in [0.25, 0.3) is 11.0 Å². The highest BCUT2D eigenvalue weighted by Crippen LogP contribution is 2.27. The summed E-state index contributed by atoms with van der Waals surface area (Å²) < 4.78 is 5.48. The van der Waals surface area contributed by atoms with Gasteiger partial charge in [0.15, 0.2) is 11.3 Å². The fraction of sp³-hybridized carbons (Fsp3) is 0. The van der Waals surface area contributed by atoms with Crippen molar-refractivity contribution >= 4 is 28.4 Å². The third-order valence-corrected chi connectivity index (χ3v) is 2.84. The maximum absolute atomic E-state index is 12.1. The van der Waals surface area contributed by atoms with E-state index >= 15 is 0 Å². The number of hydrogen-bond acceptors (Lipinski definition) is 4. The SMILES string of the molecule is O=C(c1cncnc1)c1cc2cccc(Cl)c2o1. The number of carbonyl (C=O) groups excluding carboxylic acids is 1. The van der Waals surface area contributed by atoms with Crippen molar-refractivity contribution in [2.24, 2.45) is 0 Å². The molecule has 18 heavy (non-hydrogen) atoms. The van der Waals surface area contributed by atoms with Crippen LogP contribution in [-0.2, 0) is 0 Å². The monoisotopic (exact) mass is 258 g/mol. The highest BCUT2D eigenvalue weighted by atomic mass is 35.5. The molecule has 4 nitrogen and oxygen atoms in total. The molecule has 0 spiro atoms. The van der Waals surface area contributed by atoms with Crippen molar-refractivity contribution in [2.45, 2.75) is 0 Å². The molecule has 0 N–H and O–H groups in total. The molecule has 0 aliphatic carbocycles. The molecule has 0 atom stereocenters. The smallest absolute Gasteiger partial charge is 0.231 e. The van der Waals surface area contributed by atoms with Gasteiger partial charge in [-0.2, -0.15) is 0 Å². The second-order valence-electron chi connectivity index (χ2n) is 3.73. The van der Waals surface area contributed by atoms with Crippen LogP contribution < -0.4 is 0 Å². The Morgan fingerprint density at radius 1 is 1.22 bits per heavy atom. The van der Waals surface area contributed by atoms with E-state index in [4.69, 9.17) is 16.0 Å². The van der Waals surface area contributed by atoms with Crippen LogP contribution in [0.2, 0.25) is 5.02 Å². The number of fused-ring (bicyclic) bond motifs is 1. The van der Waals surface area contributed by atoms with Gasteiger partial charge in [0.25, 0.3) is 0 Å². The number of ketones is 1. The Morgan fingerprint density at radius 3 is 2.72 bits per heavy atom. The summed E-state index contributed by atoms with van der Waals surface area (Å²) in [6, 6.07) is 7.02. The van der Waals surface area contributed by atoms with Gasteiger partial charge in [0.2, 0.25) is 5.78 Å². The fourth-order valence-electron chi connectivity index (χ4n) is 1.70. The van der Waals surface area contributed by atoms with Crippen molar-refractivity contribution in [3.8, 4) is 0 Å². The van der Waals surface area contributed by atoms with Crippen molar-refractivity contribution in [3.63, 3.8) is 0 Å². The minimum absolute atomic E-state index is 0.230. The number of carbonyl (C=O) groups is 1. The summed E-state index contributed by atoms with van der Waals surface area (Å²) in [5, 5.41) is 1.28. The Kier molecular flexibility index (Phi) is 2.57. The zero-order chi connectivity index (χ0) is 12.5. The zero-order valence-electron chi connectivity index (χ0n) is 9.13. The van der Waals surface area contributed by atoms with Crippen molar-refractivity contribution in [1.82, 2.24) is 9.97 Å². The lowest BCUT2D eigenvalue weighted by molar-refractivity contribution is 0.101. The third-order valence-electron chi connectivity index (χ3n) is 2.54. The van der Waals surface area contributed by atoms with Gasteiger partial charge in [-0.25, -0.2) is 9.97 Å². The fourth-order valence-corrected chi connectivity index (χ4v) is 1.92. The first kappa shape index (κ1) is 10.9. The minimum atomic E-state index is -0.261. The number of halogens is 1. The molecule has 0 fully saturated rings. The normalized spacial score (nSPS) is 10.7. The van der Waals surface area contributed by atoms with E-state index in [1.54, 1.807) is 18.2 Å². The number of hydrogen-bond donors (Lipinski definition) is 0. The van der Waals surface area contributed by atoms with Crippen LogP contribution in [0.1, 0.15) is 16.1 Å². The molecular weight excluding hydrogens is 252 g/mol. The average Bonchev–Trinajstić information content (AvgIpc) is 2.84. The average molecular weight is 259 g/mol. The number of furan rings is 1. The van der Waals surface area contributed by atoms with Crippen LogP contribution in [-0.4, -0.2) is 15.8 Å². The first-order valence-electron chi connectivity index (χ1n) is 5.23. The Labute approximate surface area is 107 Å². The van der Waals surface area contributed by atoms with E-state index in [9.17, 15) is 4.79 Å². The van der Waals surface area contributed by atoms with Gasteiger partial charge in [-0.1, -0.05) is 23.7 Å². The standard InChI is InChI=1S/C13H7ClN2O2/c14-10-3-1-2-8-4-11(18-13(8)10)12(17)9-5-15-7-16-6-9/h1-7H. The van der Waals surface area contributed by atoms with Gasteiger partial charge >= 0.3 is 0 Å². The number of rotatable bonds is 2. The van der Waals surface area contributed by atoms with Crippen LogP contribution in [0.5, 0.6) is 0 Å². The predicted octanol–water partition coefficient (Wildman–Crippen LogP) is 3.11. The summed E-state index contributed by atoms with van der Waals surface area (Å²) >= 11 is 5.99. The Balaban J connectivity index is 2.10. The third kappa shape index (κ3) is 1.76. The van der Waals surface area contributed by atoms with Crippen molar-refractivity contribution in [2.75, 3.05) is 0 Å². The van der Waals surface area contributed by atoms with E-state index in [1.807, 2.05) is 6.07 Å². The van der Waals surface area contributed by atoms with E-state index in [2.05, 4.69) is 9.97 Å². The summed E-state index contributed by atoms with van der Waals surface area (Å²) in [4.78, 5) is 19.7. The van der Waals surface area contributed by atoms with Crippen LogP contribution >= 0.6 is 11.6 Å². The van der Waals surface area contributed by atoms with E-state index in [1.165, 1.54) is 18.7 Å². The maximum atomic E-state index is 12.1. The first-order chi connectivity index (χ1) is 8.75. The molecule has 2 heterocycles. The Bertz CT molecular complexity index is 722. The molecule has 5 heteroatoms. The van der Waals surface area contributed by atoms with Crippen LogP contribution in [0.15, 0.2) is 47.4 Å². The lowest BCUT2D eigenvalue weighted by Crippen LogP contribution is -2.00. The van der Waals surface area contributed by atoms with Gasteiger partial charge in [0, 0.05) is 17.8 Å². The van der Waals surface area contributed by atoms with E-state index in [0.29, 0.717) is 16.2 Å². The molecule has 0 saturated heterocycles. The van der Waals surface area contributed by atoms with Crippen molar-refractivity contribution in [3.05, 3.63) is 59.3 Å². The molecule has 0 aliphatic heterocycles. The molecule has 0 bridgehead atoms. The molecular formula is C13H7ClN2O2. The molecule has 0 amide bonds. The second kappa shape index (κ2) is 4.23. The quantitative estimate of drug-likeness (QED) is 0.663. The Morgan fingerprint density at radius 2 is 2.00 bits per heavy atom. The molecule has 1 aromatic carbocycles. The number of nitrogens with zero attached hydrogens (tertiary/aromatic N) is 2. The van der Waals surface area contributed by atoms with Crippen LogP contribution in [0.3, 0.4) is 0 Å². The summed E-state index contributed by atoms with van der Waals surface area (Å²) in [6.07, 6.45) is 4.26. The van der Waals surface area contributed by atoms with E-state index < -0.39 is 0 Å². The first-order valence-corrected chi connectivity index (χ1v) is 5.61.